The SMILES string of the molecule is CC[C](=[Cr])N(Cc1ccccc1)N(C)C.[C-]#[O+].[C-]#[O+].[C-]#[O+].[C-]#[O+]. The van der Waals surface area contributed by atoms with E-state index >= 15 is 0 Å². The molecular formula is C16H18CrN2O4. The zero-order valence-corrected chi connectivity index (χ0v) is 14.5. The maximum absolute atomic E-state index is 7.50. The molecule has 0 amide bonds. The summed E-state index contributed by atoms with van der Waals surface area (Å²) in [5.74, 6) is 0. The van der Waals surface area contributed by atoms with Crippen LogP contribution in [0, 0.1) is 26.6 Å². The number of hydrogen-bond acceptors (Lipinski definition) is 2. The quantitative estimate of drug-likeness (QED) is 0.459. The molecule has 1 rings (SSSR count). The summed E-state index contributed by atoms with van der Waals surface area (Å²) in [6.07, 6.45) is 1.03. The Morgan fingerprint density at radius 3 is 1.61 bits per heavy atom. The van der Waals surface area contributed by atoms with Crippen molar-refractivity contribution in [2.45, 2.75) is 19.9 Å². The Kier molecular flexibility index (Phi) is 32.7. The van der Waals surface area contributed by atoms with Crippen LogP contribution in [0.25, 0.3) is 0 Å². The van der Waals surface area contributed by atoms with Gasteiger partial charge in [0.2, 0.25) is 0 Å². The average molecular weight is 354 g/mol. The number of nitrogens with zero attached hydrogens (tertiary/aromatic N) is 2. The van der Waals surface area contributed by atoms with Gasteiger partial charge < -0.3 is 0 Å². The molecule has 0 N–H and O–H groups in total. The van der Waals surface area contributed by atoms with E-state index in [2.05, 4.69) is 97.8 Å². The molecule has 0 radical (unpaired) electrons. The second-order valence-corrected chi connectivity index (χ2v) is 4.37. The van der Waals surface area contributed by atoms with E-state index in [0.29, 0.717) is 0 Å². The van der Waals surface area contributed by atoms with E-state index in [1.165, 1.54) is 10.1 Å². The second kappa shape index (κ2) is 25.5. The summed E-state index contributed by atoms with van der Waals surface area (Å²) >= 11 is 3.13. The molecule has 0 aliphatic heterocycles. The summed E-state index contributed by atoms with van der Waals surface area (Å²) in [6, 6.07) is 10.5. The third-order valence-corrected chi connectivity index (χ3v) is 3.03. The van der Waals surface area contributed by atoms with Crippen LogP contribution in [-0.2, 0) is 41.0 Å². The van der Waals surface area contributed by atoms with Crippen LogP contribution in [0.4, 0.5) is 0 Å². The summed E-state index contributed by atoms with van der Waals surface area (Å²) in [5.41, 5.74) is 1.33. The van der Waals surface area contributed by atoms with Gasteiger partial charge >= 0.3 is 145 Å². The molecule has 1 aromatic carbocycles. The Balaban J connectivity index is -0.000000196. The molecule has 0 unspecified atom stereocenters. The van der Waals surface area contributed by atoms with Gasteiger partial charge in [-0.15, -0.1) is 0 Å². The van der Waals surface area contributed by atoms with Gasteiger partial charge in [0.1, 0.15) is 0 Å². The number of hydrogen-bond donors (Lipinski definition) is 0. The topological polar surface area (TPSA) is 86.1 Å². The van der Waals surface area contributed by atoms with Crippen molar-refractivity contribution in [3.05, 3.63) is 62.5 Å². The van der Waals surface area contributed by atoms with Gasteiger partial charge in [-0.1, -0.05) is 0 Å². The molecule has 0 saturated carbocycles. The first-order valence-electron chi connectivity index (χ1n) is 5.98. The number of rotatable bonds is 5. The van der Waals surface area contributed by atoms with Gasteiger partial charge in [-0.25, -0.2) is 0 Å². The Morgan fingerprint density at radius 1 is 0.913 bits per heavy atom. The van der Waals surface area contributed by atoms with Crippen molar-refractivity contribution in [3.8, 4) is 0 Å². The van der Waals surface area contributed by atoms with Crippen molar-refractivity contribution in [1.82, 2.24) is 10.0 Å². The molecule has 6 nitrogen and oxygen atoms in total. The summed E-state index contributed by atoms with van der Waals surface area (Å²) in [7, 11) is 4.13. The normalized spacial score (nSPS) is 7.52. The molecule has 0 fully saturated rings. The number of benzene rings is 1. The van der Waals surface area contributed by atoms with E-state index in [4.69, 9.17) is 18.6 Å². The predicted octanol–water partition coefficient (Wildman–Crippen LogP) is 1.90. The van der Waals surface area contributed by atoms with Crippen molar-refractivity contribution in [2.75, 3.05) is 14.1 Å². The van der Waals surface area contributed by atoms with E-state index in [1.54, 1.807) is 0 Å². The van der Waals surface area contributed by atoms with Crippen molar-refractivity contribution < 1.29 is 34.5 Å². The van der Waals surface area contributed by atoms with Crippen LogP contribution in [0.5, 0.6) is 0 Å². The minimum absolute atomic E-state index is 0.921. The van der Waals surface area contributed by atoms with Gasteiger partial charge in [0, 0.05) is 0 Å². The molecule has 0 aliphatic rings. The van der Waals surface area contributed by atoms with E-state index in [1.807, 2.05) is 6.07 Å². The monoisotopic (exact) mass is 354 g/mol. The molecule has 0 spiro atoms. The second-order valence-electron chi connectivity index (χ2n) is 3.64. The molecule has 122 valence electrons. The van der Waals surface area contributed by atoms with E-state index < -0.39 is 0 Å². The zero-order chi connectivity index (χ0) is 19.3. The minimum atomic E-state index is 0.921. The molecule has 1 aromatic rings. The summed E-state index contributed by atoms with van der Waals surface area (Å²) < 4.78 is 31.3. The fourth-order valence-corrected chi connectivity index (χ4v) is 1.75. The van der Waals surface area contributed by atoms with Crippen LogP contribution < -0.4 is 0 Å². The van der Waals surface area contributed by atoms with Gasteiger partial charge in [0.05, 0.1) is 0 Å². The predicted molar refractivity (Wildman–Crippen MR) is 76.7 cm³/mol. The van der Waals surface area contributed by atoms with Crippen LogP contribution in [0.1, 0.15) is 18.9 Å². The van der Waals surface area contributed by atoms with E-state index in [-0.39, 0.29) is 0 Å². The fourth-order valence-electron chi connectivity index (χ4n) is 1.39. The Hall–Kier alpha value is -1.50. The standard InChI is InChI=1S/C12H18N2.4CO.Cr/c1-4-10-14(13(2)3)11-12-8-6-5-7-9-12;4*1-2;/h5-9H,4,11H2,1-3H3;;;;;. The molecule has 0 bridgehead atoms. The molecular weight excluding hydrogens is 336 g/mol. The third-order valence-electron chi connectivity index (χ3n) is 2.25. The fraction of sp³-hybridized carbons (Fsp3) is 0.312. The Morgan fingerprint density at radius 2 is 1.30 bits per heavy atom. The van der Waals surface area contributed by atoms with Crippen molar-refractivity contribution in [3.63, 3.8) is 0 Å². The average Bonchev–Trinajstić information content (AvgIpc) is 2.66. The molecule has 0 aromatic heterocycles. The molecule has 0 saturated heterocycles. The molecule has 0 atom stereocenters. The maximum atomic E-state index is 7.50. The summed E-state index contributed by atoms with van der Waals surface area (Å²) in [5, 5.41) is 4.36. The molecule has 0 aliphatic carbocycles. The first-order chi connectivity index (χ1) is 11.1. The van der Waals surface area contributed by atoms with Crippen LogP contribution >= 0.6 is 0 Å². The van der Waals surface area contributed by atoms with Gasteiger partial charge in [-0.3, -0.25) is 0 Å². The first kappa shape index (κ1) is 29.5. The zero-order valence-electron chi connectivity index (χ0n) is 13.2. The van der Waals surface area contributed by atoms with Crippen molar-refractivity contribution >= 4 is 4.50 Å². The van der Waals surface area contributed by atoms with Gasteiger partial charge in [-0.05, 0) is 0 Å². The van der Waals surface area contributed by atoms with Gasteiger partial charge in [0.15, 0.2) is 0 Å². The van der Waals surface area contributed by atoms with Crippen LogP contribution in [0.2, 0.25) is 0 Å². The molecule has 23 heavy (non-hydrogen) atoms. The van der Waals surface area contributed by atoms with Crippen LogP contribution in [-0.4, -0.2) is 28.6 Å². The molecule has 0 heterocycles. The Bertz CT molecular complexity index is 443. The van der Waals surface area contributed by atoms with E-state index in [0.717, 1.165) is 13.0 Å². The van der Waals surface area contributed by atoms with Gasteiger partial charge in [0.25, 0.3) is 0 Å². The number of hydrazine groups is 1. The first-order valence-corrected chi connectivity index (χ1v) is 6.62. The summed E-state index contributed by atoms with van der Waals surface area (Å²) in [6.45, 7) is 21.1. The van der Waals surface area contributed by atoms with Crippen molar-refractivity contribution in [1.29, 1.82) is 0 Å². The molecule has 7 heteroatoms. The van der Waals surface area contributed by atoms with E-state index in [9.17, 15) is 0 Å². The summed E-state index contributed by atoms with van der Waals surface area (Å²) in [4.78, 5) is 0. The van der Waals surface area contributed by atoms with Gasteiger partial charge in [-0.2, -0.15) is 0 Å². The van der Waals surface area contributed by atoms with Crippen LogP contribution in [0.3, 0.4) is 0 Å². The van der Waals surface area contributed by atoms with Crippen molar-refractivity contribution in [2.24, 2.45) is 0 Å². The Labute approximate surface area is 145 Å². The van der Waals surface area contributed by atoms with Crippen LogP contribution in [0.15, 0.2) is 30.3 Å². The third kappa shape index (κ3) is 16.7.